The van der Waals surface area contributed by atoms with Crippen molar-refractivity contribution in [3.63, 3.8) is 0 Å². The van der Waals surface area contributed by atoms with Gasteiger partial charge >= 0.3 is 6.18 Å². The van der Waals surface area contributed by atoms with Crippen LogP contribution >= 0.6 is 11.6 Å². The van der Waals surface area contributed by atoms with Gasteiger partial charge in [0.15, 0.2) is 0 Å². The molecule has 12 heteroatoms. The molecule has 0 spiro atoms. The summed E-state index contributed by atoms with van der Waals surface area (Å²) in [5, 5.41) is 0.0233. The van der Waals surface area contributed by atoms with Gasteiger partial charge in [0.2, 0.25) is 5.95 Å². The minimum Gasteiger partial charge on any atom is -0.497 e. The molecular weight excluding hydrogens is 579 g/mol. The molecule has 7 nitrogen and oxygen atoms in total. The number of ether oxygens (including phenoxy) is 2. The molecule has 0 aliphatic heterocycles. The van der Waals surface area contributed by atoms with Crippen molar-refractivity contribution in [2.45, 2.75) is 36.4 Å². The van der Waals surface area contributed by atoms with E-state index in [0.29, 0.717) is 35.5 Å². The normalized spacial score (nSPS) is 14.9. The van der Waals surface area contributed by atoms with Gasteiger partial charge in [-0.15, -0.1) is 0 Å². The van der Waals surface area contributed by atoms with Crippen molar-refractivity contribution < 1.29 is 31.1 Å². The van der Waals surface area contributed by atoms with Crippen LogP contribution in [0.15, 0.2) is 78.0 Å². The summed E-state index contributed by atoms with van der Waals surface area (Å²) >= 11 is 6.28. The Morgan fingerprint density at radius 1 is 0.976 bits per heavy atom. The van der Waals surface area contributed by atoms with Crippen LogP contribution in [-0.4, -0.2) is 32.6 Å². The lowest BCUT2D eigenvalue weighted by Gasteiger charge is -2.24. The fraction of sp³-hybridized carbons (Fsp3) is 0.241. The van der Waals surface area contributed by atoms with Gasteiger partial charge in [0.05, 0.1) is 31.2 Å². The molecule has 41 heavy (non-hydrogen) atoms. The number of aryl methyl sites for hydroxylation is 1. The molecule has 0 saturated heterocycles. The van der Waals surface area contributed by atoms with Gasteiger partial charge in [-0.1, -0.05) is 23.7 Å². The quantitative estimate of drug-likeness (QED) is 0.225. The number of hydrogen-bond acceptors (Lipinski definition) is 6. The maximum atomic E-state index is 14.0. The van der Waals surface area contributed by atoms with E-state index in [4.69, 9.17) is 21.1 Å². The largest absolute Gasteiger partial charge is 0.497 e. The first-order valence-corrected chi connectivity index (χ1v) is 14.3. The predicted molar refractivity (Wildman–Crippen MR) is 148 cm³/mol. The van der Waals surface area contributed by atoms with E-state index in [1.165, 1.54) is 38.7 Å². The first-order valence-electron chi connectivity index (χ1n) is 12.5. The highest BCUT2D eigenvalue weighted by Crippen LogP contribution is 2.43. The Hall–Kier alpha value is -3.83. The Labute approximate surface area is 240 Å². The van der Waals surface area contributed by atoms with E-state index in [1.54, 1.807) is 36.4 Å². The maximum Gasteiger partial charge on any atom is 0.416 e. The Bertz CT molecular complexity index is 1680. The smallest absolute Gasteiger partial charge is 0.416 e. The molecule has 0 bridgehead atoms. The third-order valence-electron chi connectivity index (χ3n) is 7.07. The Balaban J connectivity index is 1.50. The molecule has 4 aromatic rings. The fourth-order valence-electron chi connectivity index (χ4n) is 5.01. The van der Waals surface area contributed by atoms with E-state index in [-0.39, 0.29) is 28.3 Å². The van der Waals surface area contributed by atoms with Crippen LogP contribution in [0.1, 0.15) is 40.2 Å². The van der Waals surface area contributed by atoms with Crippen molar-refractivity contribution in [1.29, 1.82) is 0 Å². The zero-order valence-corrected chi connectivity index (χ0v) is 23.6. The van der Waals surface area contributed by atoms with Gasteiger partial charge in [0.1, 0.15) is 11.5 Å². The molecule has 3 aromatic carbocycles. The van der Waals surface area contributed by atoms with Gasteiger partial charge in [0.25, 0.3) is 10.0 Å². The van der Waals surface area contributed by atoms with Crippen molar-refractivity contribution in [3.05, 3.63) is 106 Å². The Kier molecular flexibility index (Phi) is 7.85. The number of benzene rings is 3. The van der Waals surface area contributed by atoms with Crippen LogP contribution in [-0.2, 0) is 29.2 Å². The Morgan fingerprint density at radius 3 is 2.37 bits per heavy atom. The lowest BCUT2D eigenvalue weighted by Crippen LogP contribution is -2.32. The second kappa shape index (κ2) is 11.2. The van der Waals surface area contributed by atoms with E-state index >= 15 is 0 Å². The Morgan fingerprint density at radius 2 is 1.71 bits per heavy atom. The minimum atomic E-state index is -4.50. The van der Waals surface area contributed by atoms with Crippen LogP contribution in [0.4, 0.5) is 19.1 Å². The summed E-state index contributed by atoms with van der Waals surface area (Å²) in [7, 11) is -1.15. The van der Waals surface area contributed by atoms with Gasteiger partial charge in [-0.3, -0.25) is 0 Å². The number of fused-ring (bicyclic) bond motifs is 1. The zero-order chi connectivity index (χ0) is 29.4. The third kappa shape index (κ3) is 5.69. The van der Waals surface area contributed by atoms with Gasteiger partial charge in [0, 0.05) is 35.0 Å². The number of nitrogens with zero attached hydrogens (tertiary/aromatic N) is 3. The topological polar surface area (TPSA) is 81.6 Å². The molecule has 0 N–H and O–H groups in total. The second-order valence-electron chi connectivity index (χ2n) is 9.42. The first kappa shape index (κ1) is 28.7. The zero-order valence-electron chi connectivity index (χ0n) is 22.0. The van der Waals surface area contributed by atoms with Crippen LogP contribution in [0.3, 0.4) is 0 Å². The third-order valence-corrected chi connectivity index (χ3v) is 9.12. The molecule has 0 amide bonds. The molecule has 1 aromatic heterocycles. The number of aromatic nitrogens is 2. The second-order valence-corrected chi connectivity index (χ2v) is 11.7. The van der Waals surface area contributed by atoms with Gasteiger partial charge in [-0.2, -0.15) is 13.2 Å². The molecule has 0 saturated carbocycles. The van der Waals surface area contributed by atoms with Crippen LogP contribution < -0.4 is 13.8 Å². The number of hydrogen-bond donors (Lipinski definition) is 0. The molecule has 214 valence electrons. The molecule has 1 atom stereocenters. The summed E-state index contributed by atoms with van der Waals surface area (Å²) in [6.07, 6.45) is -0.467. The summed E-state index contributed by atoms with van der Waals surface area (Å²) in [6, 6.07) is 14.8. The van der Waals surface area contributed by atoms with Gasteiger partial charge in [-0.25, -0.2) is 22.7 Å². The summed E-state index contributed by atoms with van der Waals surface area (Å²) in [5.74, 6) is 0.719. The maximum absolute atomic E-state index is 14.0. The van der Waals surface area contributed by atoms with Crippen molar-refractivity contribution in [2.75, 3.05) is 18.5 Å². The van der Waals surface area contributed by atoms with Crippen LogP contribution in [0.5, 0.6) is 11.5 Å². The van der Waals surface area contributed by atoms with Gasteiger partial charge in [-0.05, 0) is 72.0 Å². The van der Waals surface area contributed by atoms with Crippen molar-refractivity contribution in [2.24, 2.45) is 0 Å². The highest BCUT2D eigenvalue weighted by molar-refractivity contribution is 7.92. The summed E-state index contributed by atoms with van der Waals surface area (Å²) in [6.45, 7) is -0.111. The standard InChI is InChI=1S/C29H25ClF3N3O4S/c1-39-21-7-4-19(27(16-21)40-2)17-36(28-34-12-3-13-35-28)41(37,38)22-8-11-23-18(14-22)5-9-24(23)25-10-6-20(15-26(25)30)29(31,32)33/h3-4,6-8,10-16,24H,5,9,17H2,1-2H3/t24-/m0/s1. The average molecular weight is 604 g/mol. The average Bonchev–Trinajstić information content (AvgIpc) is 3.39. The van der Waals surface area contributed by atoms with E-state index in [9.17, 15) is 21.6 Å². The van der Waals surface area contributed by atoms with Crippen LogP contribution in [0, 0.1) is 0 Å². The fourth-order valence-corrected chi connectivity index (χ4v) is 6.73. The van der Waals surface area contributed by atoms with E-state index in [0.717, 1.165) is 27.6 Å². The van der Waals surface area contributed by atoms with Gasteiger partial charge < -0.3 is 9.47 Å². The number of alkyl halides is 3. The SMILES string of the molecule is COc1ccc(CN(c2ncccn2)S(=O)(=O)c2ccc3c(c2)CC[C@@H]3c2ccc(C(F)(F)F)cc2Cl)c(OC)c1. The number of methoxy groups -OCH3 is 2. The van der Waals surface area contributed by atoms with Crippen molar-refractivity contribution >= 4 is 27.6 Å². The number of anilines is 1. The molecule has 0 radical (unpaired) electrons. The van der Waals surface area contributed by atoms with Crippen LogP contribution in [0.2, 0.25) is 5.02 Å². The number of rotatable bonds is 8. The van der Waals surface area contributed by atoms with Crippen LogP contribution in [0.25, 0.3) is 0 Å². The number of sulfonamides is 1. The molecule has 5 rings (SSSR count). The molecular formula is C29H25ClF3N3O4S. The van der Waals surface area contributed by atoms with E-state index in [1.807, 2.05) is 0 Å². The monoisotopic (exact) mass is 603 g/mol. The van der Waals surface area contributed by atoms with E-state index in [2.05, 4.69) is 9.97 Å². The first-order chi connectivity index (χ1) is 19.5. The highest BCUT2D eigenvalue weighted by Gasteiger charge is 2.34. The summed E-state index contributed by atoms with van der Waals surface area (Å²) in [4.78, 5) is 8.42. The van der Waals surface area contributed by atoms with Crippen molar-refractivity contribution in [3.8, 4) is 11.5 Å². The van der Waals surface area contributed by atoms with E-state index < -0.39 is 21.8 Å². The number of halogens is 4. The summed E-state index contributed by atoms with van der Waals surface area (Å²) < 4.78 is 79.3. The summed E-state index contributed by atoms with van der Waals surface area (Å²) in [5.41, 5.74) is 1.93. The lowest BCUT2D eigenvalue weighted by atomic mass is 9.92. The molecule has 0 fully saturated rings. The molecule has 1 aliphatic carbocycles. The van der Waals surface area contributed by atoms with Crippen molar-refractivity contribution in [1.82, 2.24) is 9.97 Å². The molecule has 1 aliphatic rings. The predicted octanol–water partition coefficient (Wildman–Crippen LogP) is 6.64. The lowest BCUT2D eigenvalue weighted by molar-refractivity contribution is -0.137. The molecule has 0 unspecified atom stereocenters. The highest BCUT2D eigenvalue weighted by atomic mass is 35.5. The molecule has 1 heterocycles. The minimum absolute atomic E-state index is 0.0136.